The van der Waals surface area contributed by atoms with E-state index in [-0.39, 0.29) is 5.97 Å². The average Bonchev–Trinajstić information content (AvgIpc) is 3.07. The summed E-state index contributed by atoms with van der Waals surface area (Å²) < 4.78 is 5.31. The van der Waals surface area contributed by atoms with Crippen LogP contribution in [-0.4, -0.2) is 46.3 Å². The summed E-state index contributed by atoms with van der Waals surface area (Å²) in [5.41, 5.74) is 1.76. The maximum absolute atomic E-state index is 12.6. The number of pyridine rings is 1. The summed E-state index contributed by atoms with van der Waals surface area (Å²) in [6.07, 6.45) is 8.60. The average molecular weight is 369 g/mol. The summed E-state index contributed by atoms with van der Waals surface area (Å²) in [5.74, 6) is 1.29. The number of aliphatic hydroxyl groups is 1. The van der Waals surface area contributed by atoms with Crippen molar-refractivity contribution in [1.82, 2.24) is 9.97 Å². The number of esters is 1. The molecule has 5 atom stereocenters. The van der Waals surface area contributed by atoms with Gasteiger partial charge in [0.2, 0.25) is 0 Å². The van der Waals surface area contributed by atoms with Gasteiger partial charge in [0.15, 0.2) is 0 Å². The van der Waals surface area contributed by atoms with Gasteiger partial charge in [0.05, 0.1) is 17.9 Å². The molecule has 6 rings (SSSR count). The van der Waals surface area contributed by atoms with E-state index in [9.17, 15) is 9.90 Å². The molecule has 4 fully saturated rings. The Kier molecular flexibility index (Phi) is 3.76. The number of H-pyrrole nitrogens is 1. The fraction of sp³-hybridized carbons (Fsp3) is 0.619. The number of hydrogen-bond acceptors (Lipinski definition) is 5. The molecule has 0 aliphatic heterocycles. The maximum atomic E-state index is 12.6. The van der Waals surface area contributed by atoms with Crippen molar-refractivity contribution in [2.24, 2.45) is 17.8 Å². The van der Waals surface area contributed by atoms with Crippen molar-refractivity contribution in [2.45, 2.75) is 50.7 Å². The third-order valence-corrected chi connectivity index (χ3v) is 7.04. The lowest BCUT2D eigenvalue weighted by Gasteiger charge is -2.60. The number of fused-ring (bicyclic) bond motifs is 1. The number of anilines is 1. The third kappa shape index (κ3) is 2.57. The molecule has 0 saturated heterocycles. The van der Waals surface area contributed by atoms with Crippen molar-refractivity contribution >= 4 is 22.7 Å². The summed E-state index contributed by atoms with van der Waals surface area (Å²) in [6.45, 7) is 2.17. The Balaban J connectivity index is 1.58. The Morgan fingerprint density at radius 1 is 1.37 bits per heavy atom. The van der Waals surface area contributed by atoms with Crippen molar-refractivity contribution in [3.8, 4) is 0 Å². The molecule has 6 nitrogen and oxygen atoms in total. The Morgan fingerprint density at radius 2 is 2.11 bits per heavy atom. The zero-order valence-corrected chi connectivity index (χ0v) is 15.9. The molecule has 4 bridgehead atoms. The van der Waals surface area contributed by atoms with Crippen molar-refractivity contribution in [2.75, 3.05) is 18.6 Å². The van der Waals surface area contributed by atoms with Crippen LogP contribution in [0.4, 0.5) is 5.69 Å². The highest BCUT2D eigenvalue weighted by atomic mass is 16.5. The number of hydrogen-bond donors (Lipinski definition) is 2. The molecule has 2 aromatic rings. The Labute approximate surface area is 158 Å². The minimum atomic E-state index is -0.459. The van der Waals surface area contributed by atoms with E-state index >= 15 is 0 Å². The van der Waals surface area contributed by atoms with E-state index in [2.05, 4.69) is 21.9 Å². The van der Waals surface area contributed by atoms with Crippen LogP contribution in [0.2, 0.25) is 0 Å². The van der Waals surface area contributed by atoms with Crippen molar-refractivity contribution in [3.05, 3.63) is 24.0 Å². The molecule has 144 valence electrons. The number of aromatic amines is 1. The van der Waals surface area contributed by atoms with Crippen LogP contribution in [0, 0.1) is 17.8 Å². The summed E-state index contributed by atoms with van der Waals surface area (Å²) in [7, 11) is 2.10. The highest BCUT2D eigenvalue weighted by molar-refractivity contribution is 6.04. The van der Waals surface area contributed by atoms with Gasteiger partial charge in [-0.05, 0) is 62.8 Å². The topological polar surface area (TPSA) is 78.5 Å². The van der Waals surface area contributed by atoms with Crippen LogP contribution < -0.4 is 4.90 Å². The summed E-state index contributed by atoms with van der Waals surface area (Å²) in [6, 6.07) is 2.33. The van der Waals surface area contributed by atoms with Crippen LogP contribution >= 0.6 is 0 Å². The van der Waals surface area contributed by atoms with Gasteiger partial charge in [-0.2, -0.15) is 0 Å². The van der Waals surface area contributed by atoms with Gasteiger partial charge in [0, 0.05) is 30.9 Å². The highest BCUT2D eigenvalue weighted by Crippen LogP contribution is 2.57. The van der Waals surface area contributed by atoms with Gasteiger partial charge in [-0.15, -0.1) is 0 Å². The van der Waals surface area contributed by atoms with Crippen LogP contribution in [0.25, 0.3) is 11.0 Å². The highest BCUT2D eigenvalue weighted by Gasteiger charge is 2.56. The van der Waals surface area contributed by atoms with E-state index < -0.39 is 5.60 Å². The van der Waals surface area contributed by atoms with Crippen LogP contribution in [0.15, 0.2) is 18.5 Å². The molecular weight excluding hydrogens is 342 g/mol. The number of carbonyl (C=O) groups excluding carboxylic acids is 1. The number of rotatable bonds is 4. The molecule has 27 heavy (non-hydrogen) atoms. The second kappa shape index (κ2) is 5.96. The SMILES string of the molecule is CCOC(=O)c1cnc2[nH]ccc2c1N(C)C1[C@@H]2CC3C[C@H]1CC(O)(C3)C2. The fourth-order valence-corrected chi connectivity index (χ4v) is 6.47. The van der Waals surface area contributed by atoms with Crippen LogP contribution in [-0.2, 0) is 4.74 Å². The van der Waals surface area contributed by atoms with Gasteiger partial charge in [-0.1, -0.05) is 0 Å². The van der Waals surface area contributed by atoms with Gasteiger partial charge in [0.1, 0.15) is 11.2 Å². The van der Waals surface area contributed by atoms with E-state index in [1.165, 1.54) is 12.8 Å². The molecule has 0 aromatic carbocycles. The van der Waals surface area contributed by atoms with E-state index in [1.54, 1.807) is 6.20 Å². The first-order chi connectivity index (χ1) is 13.0. The molecular formula is C21H27N3O3. The molecule has 2 heterocycles. The molecule has 6 heteroatoms. The van der Waals surface area contributed by atoms with Gasteiger partial charge < -0.3 is 19.7 Å². The van der Waals surface area contributed by atoms with Gasteiger partial charge in [-0.25, -0.2) is 9.78 Å². The van der Waals surface area contributed by atoms with Gasteiger partial charge >= 0.3 is 5.97 Å². The van der Waals surface area contributed by atoms with Crippen molar-refractivity contribution < 1.29 is 14.6 Å². The lowest BCUT2D eigenvalue weighted by molar-refractivity contribution is -0.133. The molecule has 0 amide bonds. The molecule has 4 aliphatic rings. The zero-order valence-electron chi connectivity index (χ0n) is 15.9. The van der Waals surface area contributed by atoms with E-state index in [0.717, 1.165) is 36.0 Å². The predicted molar refractivity (Wildman–Crippen MR) is 103 cm³/mol. The predicted octanol–water partition coefficient (Wildman–Crippen LogP) is 3.12. The zero-order chi connectivity index (χ0) is 18.8. The minimum absolute atomic E-state index is 0.322. The fourth-order valence-electron chi connectivity index (χ4n) is 6.47. The molecule has 4 saturated carbocycles. The second-order valence-corrected chi connectivity index (χ2v) is 8.78. The maximum Gasteiger partial charge on any atom is 0.341 e. The van der Waals surface area contributed by atoms with E-state index in [0.29, 0.717) is 36.0 Å². The molecule has 0 spiro atoms. The monoisotopic (exact) mass is 369 g/mol. The summed E-state index contributed by atoms with van der Waals surface area (Å²) >= 11 is 0. The smallest absolute Gasteiger partial charge is 0.341 e. The van der Waals surface area contributed by atoms with E-state index in [1.807, 2.05) is 19.2 Å². The van der Waals surface area contributed by atoms with Crippen LogP contribution in [0.1, 0.15) is 49.4 Å². The second-order valence-electron chi connectivity index (χ2n) is 8.78. The van der Waals surface area contributed by atoms with Crippen molar-refractivity contribution in [1.29, 1.82) is 0 Å². The molecule has 0 radical (unpaired) electrons. The van der Waals surface area contributed by atoms with Crippen LogP contribution in [0.3, 0.4) is 0 Å². The van der Waals surface area contributed by atoms with Gasteiger partial charge in [-0.3, -0.25) is 0 Å². The first-order valence-electron chi connectivity index (χ1n) is 10.1. The molecule has 2 aromatic heterocycles. The lowest BCUT2D eigenvalue weighted by atomic mass is 9.52. The number of nitrogens with zero attached hydrogens (tertiary/aromatic N) is 2. The Hall–Kier alpha value is -2.08. The minimum Gasteiger partial charge on any atom is -0.462 e. The molecule has 4 aliphatic carbocycles. The molecule has 2 N–H and O–H groups in total. The largest absolute Gasteiger partial charge is 0.462 e. The van der Waals surface area contributed by atoms with Gasteiger partial charge in [0.25, 0.3) is 0 Å². The van der Waals surface area contributed by atoms with Crippen molar-refractivity contribution in [3.63, 3.8) is 0 Å². The number of nitrogens with one attached hydrogen (secondary N) is 1. The molecule has 3 unspecified atom stereocenters. The standard InChI is InChI=1S/C21H27N3O3/c1-3-27-20(25)16-11-23-19-15(4-5-22-19)18(16)24(2)17-13-6-12-7-14(17)10-21(26,8-12)9-13/h4-5,11-14,17,26H,3,6-10H2,1-2H3,(H,22,23)/t12?,13-,14+,17?,21?. The number of ether oxygens (including phenoxy) is 1. The lowest BCUT2D eigenvalue weighted by Crippen LogP contribution is -2.61. The Bertz CT molecular complexity index is 876. The third-order valence-electron chi connectivity index (χ3n) is 7.04. The van der Waals surface area contributed by atoms with Crippen LogP contribution in [0.5, 0.6) is 0 Å². The van der Waals surface area contributed by atoms with E-state index in [4.69, 9.17) is 4.74 Å². The summed E-state index contributed by atoms with van der Waals surface area (Å²) in [4.78, 5) is 22.5. The summed E-state index contributed by atoms with van der Waals surface area (Å²) in [5, 5.41) is 11.9. The number of aromatic nitrogens is 2. The number of carbonyl (C=O) groups is 1. The normalized spacial score (nSPS) is 34.2. The first kappa shape index (κ1) is 17.0. The Morgan fingerprint density at radius 3 is 2.78 bits per heavy atom. The quantitative estimate of drug-likeness (QED) is 0.810. The first-order valence-corrected chi connectivity index (χ1v) is 10.1.